The molecule has 0 aromatic carbocycles. The van der Waals surface area contributed by atoms with Crippen LogP contribution in [-0.4, -0.2) is 31.8 Å². The van der Waals surface area contributed by atoms with E-state index in [1.807, 2.05) is 6.92 Å². The molecule has 1 amide bonds. The number of cyclic esters (lactones) is 1. The molecule has 132 valence electrons. The predicted octanol–water partition coefficient (Wildman–Crippen LogP) is 4.00. The first-order valence-corrected chi connectivity index (χ1v) is 11.2. The van der Waals surface area contributed by atoms with Crippen molar-refractivity contribution in [3.8, 4) is 0 Å². The lowest BCUT2D eigenvalue weighted by atomic mass is 10.0. The number of carbonyl (C=O) groups excluding carboxylic acids is 2. The van der Waals surface area contributed by atoms with Gasteiger partial charge in [0.05, 0.1) is 8.07 Å². The summed E-state index contributed by atoms with van der Waals surface area (Å²) in [5, 5.41) is 2.78. The quantitative estimate of drug-likeness (QED) is 0.609. The highest BCUT2D eigenvalue weighted by atomic mass is 28.3. The Bertz CT molecular complexity index is 512. The average Bonchev–Trinajstić information content (AvgIpc) is 2.52. The van der Waals surface area contributed by atoms with Gasteiger partial charge in [0.1, 0.15) is 17.4 Å². The van der Waals surface area contributed by atoms with Gasteiger partial charge in [0, 0.05) is 5.92 Å². The molecule has 0 spiro atoms. The van der Waals surface area contributed by atoms with Crippen LogP contribution in [0.5, 0.6) is 0 Å². The van der Waals surface area contributed by atoms with Crippen molar-refractivity contribution in [2.24, 2.45) is 5.92 Å². The number of alkyl carbamates (subject to hydrolysis) is 1. The highest BCUT2D eigenvalue weighted by molar-refractivity contribution is 6.84. The second-order valence-electron chi connectivity index (χ2n) is 8.85. The number of carbonyl (C=O) groups is 2. The number of esters is 1. The molecule has 1 fully saturated rings. The SMILES string of the molecule is C[C@H]1/C(=C/[Si](C)(C)C(C)(C)C)OC(=O)[C@@H]1NC(=O)OC(C)(C)C. The van der Waals surface area contributed by atoms with Crippen molar-refractivity contribution >= 4 is 20.1 Å². The Morgan fingerprint density at radius 2 is 1.74 bits per heavy atom. The number of hydrogen-bond donors (Lipinski definition) is 1. The summed E-state index contributed by atoms with van der Waals surface area (Å²) in [7, 11) is -1.73. The minimum absolute atomic E-state index is 0.156. The second kappa shape index (κ2) is 6.30. The van der Waals surface area contributed by atoms with Gasteiger partial charge >= 0.3 is 12.1 Å². The van der Waals surface area contributed by atoms with E-state index >= 15 is 0 Å². The molecular weight excluding hydrogens is 310 g/mol. The molecule has 6 heteroatoms. The third kappa shape index (κ3) is 5.09. The van der Waals surface area contributed by atoms with Gasteiger partial charge in [-0.2, -0.15) is 0 Å². The molecule has 1 saturated heterocycles. The molecule has 1 N–H and O–H groups in total. The summed E-state index contributed by atoms with van der Waals surface area (Å²) >= 11 is 0. The summed E-state index contributed by atoms with van der Waals surface area (Å²) < 4.78 is 10.7. The zero-order valence-corrected chi connectivity index (χ0v) is 16.9. The minimum Gasteiger partial charge on any atom is -0.444 e. The van der Waals surface area contributed by atoms with Crippen molar-refractivity contribution in [2.75, 3.05) is 0 Å². The topological polar surface area (TPSA) is 64.6 Å². The first kappa shape index (κ1) is 19.7. The standard InChI is InChI=1S/C17H31NO4Si/c1-11-12(10-23(8,9)17(5,6)7)21-14(19)13(11)18-15(20)22-16(2,3)4/h10-11,13H,1-9H3,(H,18,20)/b12-10-/t11-,13+/m0/s1. The van der Waals surface area contributed by atoms with Crippen LogP contribution in [0.4, 0.5) is 4.79 Å². The van der Waals surface area contributed by atoms with Crippen LogP contribution in [0.2, 0.25) is 18.1 Å². The van der Waals surface area contributed by atoms with Gasteiger partial charge in [0.2, 0.25) is 0 Å². The van der Waals surface area contributed by atoms with Gasteiger partial charge in [-0.25, -0.2) is 9.59 Å². The predicted molar refractivity (Wildman–Crippen MR) is 93.7 cm³/mol. The van der Waals surface area contributed by atoms with Crippen LogP contribution in [0.25, 0.3) is 0 Å². The average molecular weight is 342 g/mol. The highest BCUT2D eigenvalue weighted by Gasteiger charge is 2.43. The van der Waals surface area contributed by atoms with E-state index in [4.69, 9.17) is 9.47 Å². The van der Waals surface area contributed by atoms with Gasteiger partial charge in [-0.15, -0.1) is 0 Å². The van der Waals surface area contributed by atoms with E-state index < -0.39 is 31.8 Å². The van der Waals surface area contributed by atoms with E-state index in [0.717, 1.165) is 0 Å². The van der Waals surface area contributed by atoms with Gasteiger partial charge in [-0.1, -0.05) is 46.5 Å². The van der Waals surface area contributed by atoms with Crippen LogP contribution >= 0.6 is 0 Å². The Kier molecular flexibility index (Phi) is 5.41. The molecule has 23 heavy (non-hydrogen) atoms. The Balaban J connectivity index is 2.89. The summed E-state index contributed by atoms with van der Waals surface area (Å²) in [6, 6.07) is -0.694. The largest absolute Gasteiger partial charge is 0.444 e. The lowest BCUT2D eigenvalue weighted by molar-refractivity contribution is -0.137. The first-order valence-electron chi connectivity index (χ1n) is 8.08. The Morgan fingerprint density at radius 3 is 2.17 bits per heavy atom. The third-order valence-corrected chi connectivity index (χ3v) is 9.40. The highest BCUT2D eigenvalue weighted by Crippen LogP contribution is 2.39. The number of nitrogens with one attached hydrogen (secondary N) is 1. The number of hydrogen-bond acceptors (Lipinski definition) is 4. The summed E-state index contributed by atoms with van der Waals surface area (Å²) in [6.45, 7) is 18.3. The summed E-state index contributed by atoms with van der Waals surface area (Å²) in [4.78, 5) is 24.0. The summed E-state index contributed by atoms with van der Waals surface area (Å²) in [5.41, 5.74) is 1.53. The maximum Gasteiger partial charge on any atom is 0.408 e. The molecule has 5 nitrogen and oxygen atoms in total. The van der Waals surface area contributed by atoms with Crippen molar-refractivity contribution in [1.82, 2.24) is 5.32 Å². The van der Waals surface area contributed by atoms with Gasteiger partial charge in [-0.3, -0.25) is 0 Å². The molecule has 0 aromatic rings. The minimum atomic E-state index is -1.73. The van der Waals surface area contributed by atoms with E-state index in [0.29, 0.717) is 5.76 Å². The molecule has 2 atom stereocenters. The summed E-state index contributed by atoms with van der Waals surface area (Å²) in [5.74, 6) is 0.0557. The third-order valence-electron chi connectivity index (χ3n) is 4.53. The lowest BCUT2D eigenvalue weighted by Crippen LogP contribution is -2.44. The maximum absolute atomic E-state index is 12.1. The van der Waals surface area contributed by atoms with Crippen LogP contribution in [0.1, 0.15) is 48.5 Å². The molecule has 0 aliphatic carbocycles. The van der Waals surface area contributed by atoms with Crippen molar-refractivity contribution in [2.45, 2.75) is 78.2 Å². The van der Waals surface area contributed by atoms with E-state index in [1.54, 1.807) is 20.8 Å². The molecule has 1 heterocycles. The molecule has 0 radical (unpaired) electrons. The summed E-state index contributed by atoms with van der Waals surface area (Å²) in [6.07, 6.45) is -0.597. The van der Waals surface area contributed by atoms with Crippen molar-refractivity contribution in [3.05, 3.63) is 11.5 Å². The van der Waals surface area contributed by atoms with Crippen molar-refractivity contribution in [3.63, 3.8) is 0 Å². The second-order valence-corrected chi connectivity index (χ2v) is 14.1. The van der Waals surface area contributed by atoms with E-state index in [-0.39, 0.29) is 11.0 Å². The lowest BCUT2D eigenvalue weighted by Gasteiger charge is -2.34. The molecule has 0 bridgehead atoms. The molecular formula is C17H31NO4Si. The molecule has 1 aliphatic heterocycles. The zero-order chi connectivity index (χ0) is 18.2. The van der Waals surface area contributed by atoms with Gasteiger partial charge < -0.3 is 14.8 Å². The Labute approximate surface area is 140 Å². The zero-order valence-electron chi connectivity index (χ0n) is 15.9. The van der Waals surface area contributed by atoms with Gasteiger partial charge in [0.25, 0.3) is 0 Å². The molecule has 0 aromatic heterocycles. The Morgan fingerprint density at radius 1 is 1.22 bits per heavy atom. The van der Waals surface area contributed by atoms with Crippen LogP contribution in [0.3, 0.4) is 0 Å². The van der Waals surface area contributed by atoms with Crippen LogP contribution < -0.4 is 5.32 Å². The first-order chi connectivity index (χ1) is 10.1. The molecule has 0 unspecified atom stereocenters. The number of ether oxygens (including phenoxy) is 2. The Hall–Kier alpha value is -1.30. The van der Waals surface area contributed by atoms with E-state index in [9.17, 15) is 9.59 Å². The number of amides is 1. The monoisotopic (exact) mass is 341 g/mol. The molecule has 0 saturated carbocycles. The normalized spacial score (nSPS) is 24.6. The molecule has 1 rings (SSSR count). The fourth-order valence-corrected chi connectivity index (χ4v) is 3.46. The molecule has 1 aliphatic rings. The fourth-order valence-electron chi connectivity index (χ4n) is 1.99. The smallest absolute Gasteiger partial charge is 0.408 e. The van der Waals surface area contributed by atoms with Crippen LogP contribution in [0, 0.1) is 5.92 Å². The van der Waals surface area contributed by atoms with Crippen LogP contribution in [-0.2, 0) is 14.3 Å². The van der Waals surface area contributed by atoms with E-state index in [1.165, 1.54) is 0 Å². The number of rotatable bonds is 2. The van der Waals surface area contributed by atoms with Gasteiger partial charge in [-0.05, 0) is 25.8 Å². The van der Waals surface area contributed by atoms with Crippen molar-refractivity contribution in [1.29, 1.82) is 0 Å². The van der Waals surface area contributed by atoms with Crippen LogP contribution in [0.15, 0.2) is 11.5 Å². The fraction of sp³-hybridized carbons (Fsp3) is 0.765. The maximum atomic E-state index is 12.1. The van der Waals surface area contributed by atoms with E-state index in [2.05, 4.69) is 44.9 Å². The van der Waals surface area contributed by atoms with Gasteiger partial charge in [0.15, 0.2) is 0 Å². The van der Waals surface area contributed by atoms with Crippen molar-refractivity contribution < 1.29 is 19.1 Å².